The second kappa shape index (κ2) is 5.05. The number of nitrogens with zero attached hydrogens (tertiary/aromatic N) is 4. The van der Waals surface area contributed by atoms with Gasteiger partial charge >= 0.3 is 0 Å². The van der Waals surface area contributed by atoms with E-state index >= 15 is 0 Å². The quantitative estimate of drug-likeness (QED) is 0.924. The molecule has 7 heteroatoms. The fraction of sp³-hybridized carbons (Fsp3) is 0.200. The van der Waals surface area contributed by atoms with Gasteiger partial charge in [0, 0.05) is 18.1 Å². The van der Waals surface area contributed by atoms with E-state index in [0.29, 0.717) is 6.54 Å². The van der Waals surface area contributed by atoms with Crippen molar-refractivity contribution < 1.29 is 4.79 Å². The summed E-state index contributed by atoms with van der Waals surface area (Å²) in [6.07, 6.45) is 0. The zero-order valence-corrected chi connectivity index (χ0v) is 10.7. The highest BCUT2D eigenvalue weighted by atomic mass is 79.9. The molecule has 17 heavy (non-hydrogen) atoms. The molecule has 0 aliphatic rings. The van der Waals surface area contributed by atoms with Crippen LogP contribution >= 0.6 is 15.9 Å². The summed E-state index contributed by atoms with van der Waals surface area (Å²) in [6, 6.07) is 7.73. The average molecular weight is 296 g/mol. The van der Waals surface area contributed by atoms with Crippen LogP contribution in [-0.2, 0) is 6.54 Å². The van der Waals surface area contributed by atoms with Crippen LogP contribution in [0.2, 0.25) is 0 Å². The Morgan fingerprint density at radius 3 is 2.88 bits per heavy atom. The molecular formula is C10H10BrN5O. The minimum absolute atomic E-state index is 0.0690. The number of halogens is 1. The van der Waals surface area contributed by atoms with E-state index in [1.54, 1.807) is 7.05 Å². The van der Waals surface area contributed by atoms with Crippen LogP contribution in [0.25, 0.3) is 0 Å². The maximum absolute atomic E-state index is 11.8. The Hall–Kier alpha value is -1.76. The lowest BCUT2D eigenvalue weighted by Gasteiger charge is -2.15. The van der Waals surface area contributed by atoms with Crippen molar-refractivity contribution in [3.8, 4) is 0 Å². The summed E-state index contributed by atoms with van der Waals surface area (Å²) in [4.78, 5) is 13.4. The van der Waals surface area contributed by atoms with Crippen LogP contribution in [0.5, 0.6) is 0 Å². The first-order valence-corrected chi connectivity index (χ1v) is 5.70. The molecular weight excluding hydrogens is 286 g/mol. The van der Waals surface area contributed by atoms with Crippen molar-refractivity contribution >= 4 is 21.8 Å². The summed E-state index contributed by atoms with van der Waals surface area (Å²) in [5.74, 6) is -0.200. The third-order valence-corrected chi connectivity index (χ3v) is 3.02. The predicted octanol–water partition coefficient (Wildman–Crippen LogP) is 1.23. The van der Waals surface area contributed by atoms with Gasteiger partial charge in [-0.3, -0.25) is 4.79 Å². The molecule has 6 nitrogen and oxygen atoms in total. The van der Waals surface area contributed by atoms with E-state index in [0.717, 1.165) is 10.0 Å². The van der Waals surface area contributed by atoms with Gasteiger partial charge in [0.25, 0.3) is 11.7 Å². The second-order valence-electron chi connectivity index (χ2n) is 3.49. The lowest BCUT2D eigenvalue weighted by atomic mass is 10.2. The zero-order valence-electron chi connectivity index (χ0n) is 9.09. The number of amides is 1. The summed E-state index contributed by atoms with van der Waals surface area (Å²) in [7, 11) is 1.69. The van der Waals surface area contributed by atoms with Crippen LogP contribution in [0.3, 0.4) is 0 Å². The lowest BCUT2D eigenvalue weighted by molar-refractivity contribution is 0.0773. The van der Waals surface area contributed by atoms with Gasteiger partial charge < -0.3 is 4.90 Å². The third-order valence-electron chi connectivity index (χ3n) is 2.25. The number of hydrogen-bond acceptors (Lipinski definition) is 4. The maximum atomic E-state index is 11.8. The Labute approximate surface area is 106 Å². The van der Waals surface area contributed by atoms with Gasteiger partial charge in [-0.05, 0) is 16.8 Å². The number of hydrogen-bond donors (Lipinski definition) is 1. The van der Waals surface area contributed by atoms with Gasteiger partial charge in [-0.25, -0.2) is 0 Å². The van der Waals surface area contributed by atoms with Gasteiger partial charge in [0.1, 0.15) is 0 Å². The highest BCUT2D eigenvalue weighted by Gasteiger charge is 2.16. The lowest BCUT2D eigenvalue weighted by Crippen LogP contribution is -2.27. The topological polar surface area (TPSA) is 74.8 Å². The fourth-order valence-corrected chi connectivity index (χ4v) is 1.79. The molecule has 0 saturated carbocycles. The van der Waals surface area contributed by atoms with Gasteiger partial charge in [-0.1, -0.05) is 34.1 Å². The number of tetrazole rings is 1. The molecule has 0 bridgehead atoms. The summed E-state index contributed by atoms with van der Waals surface area (Å²) in [5.41, 5.74) is 1.02. The number of carbonyl (C=O) groups excluding carboxylic acids is 1. The van der Waals surface area contributed by atoms with Crippen molar-refractivity contribution in [2.24, 2.45) is 0 Å². The molecule has 0 spiro atoms. The van der Waals surface area contributed by atoms with Crippen LogP contribution in [-0.4, -0.2) is 38.5 Å². The first kappa shape index (κ1) is 11.7. The van der Waals surface area contributed by atoms with E-state index in [2.05, 4.69) is 36.6 Å². The van der Waals surface area contributed by atoms with Crippen LogP contribution in [0.1, 0.15) is 16.2 Å². The molecule has 1 heterocycles. The maximum Gasteiger partial charge on any atom is 0.295 e. The minimum atomic E-state index is -0.269. The van der Waals surface area contributed by atoms with Gasteiger partial charge in [-0.2, -0.15) is 5.21 Å². The van der Waals surface area contributed by atoms with Crippen molar-refractivity contribution in [2.75, 3.05) is 7.05 Å². The molecule has 1 aromatic carbocycles. The second-order valence-corrected chi connectivity index (χ2v) is 4.34. The van der Waals surface area contributed by atoms with Crippen LogP contribution in [0.4, 0.5) is 0 Å². The number of carbonyl (C=O) groups is 1. The first-order chi connectivity index (χ1) is 8.18. The molecule has 2 rings (SSSR count). The van der Waals surface area contributed by atoms with E-state index in [9.17, 15) is 4.79 Å². The normalized spacial score (nSPS) is 10.2. The van der Waals surface area contributed by atoms with Crippen molar-refractivity contribution in [3.63, 3.8) is 0 Å². The number of benzene rings is 1. The molecule has 1 aromatic heterocycles. The SMILES string of the molecule is CN(Cc1ccccc1Br)C(=O)c1nn[nH]n1. The molecule has 88 valence electrons. The highest BCUT2D eigenvalue weighted by Crippen LogP contribution is 2.17. The van der Waals surface area contributed by atoms with Gasteiger partial charge in [0.05, 0.1) is 0 Å². The van der Waals surface area contributed by atoms with Crippen molar-refractivity contribution in [1.82, 2.24) is 25.5 Å². The van der Waals surface area contributed by atoms with Gasteiger partial charge in [0.2, 0.25) is 0 Å². The molecule has 1 N–H and O–H groups in total. The standard InChI is InChI=1S/C10H10BrN5O/c1-16(10(17)9-12-14-15-13-9)6-7-4-2-3-5-8(7)11/h2-5H,6H2,1H3,(H,12,13,14,15). The Balaban J connectivity index is 2.10. The van der Waals surface area contributed by atoms with E-state index in [1.807, 2.05) is 24.3 Å². The molecule has 1 amide bonds. The molecule has 0 aliphatic carbocycles. The number of aromatic amines is 1. The molecule has 0 atom stereocenters. The van der Waals surface area contributed by atoms with Gasteiger partial charge in [-0.15, -0.1) is 10.2 Å². The third kappa shape index (κ3) is 2.68. The average Bonchev–Trinajstić information content (AvgIpc) is 2.84. The summed E-state index contributed by atoms with van der Waals surface area (Å²) in [6.45, 7) is 0.481. The Bertz CT molecular complexity index is 513. The molecule has 2 aromatic rings. The zero-order chi connectivity index (χ0) is 12.3. The minimum Gasteiger partial charge on any atom is -0.335 e. The van der Waals surface area contributed by atoms with Crippen LogP contribution in [0.15, 0.2) is 28.7 Å². The van der Waals surface area contributed by atoms with E-state index < -0.39 is 0 Å². The largest absolute Gasteiger partial charge is 0.335 e. The highest BCUT2D eigenvalue weighted by molar-refractivity contribution is 9.10. The van der Waals surface area contributed by atoms with Crippen molar-refractivity contribution in [3.05, 3.63) is 40.1 Å². The summed E-state index contributed by atoms with van der Waals surface area (Å²) in [5, 5.41) is 12.9. The van der Waals surface area contributed by atoms with Gasteiger partial charge in [0.15, 0.2) is 0 Å². The molecule has 0 unspecified atom stereocenters. The molecule has 0 aliphatic heterocycles. The molecule has 0 saturated heterocycles. The molecule has 0 radical (unpaired) electrons. The Kier molecular flexibility index (Phi) is 3.48. The van der Waals surface area contributed by atoms with E-state index in [-0.39, 0.29) is 11.7 Å². The number of nitrogens with one attached hydrogen (secondary N) is 1. The Morgan fingerprint density at radius 1 is 1.47 bits per heavy atom. The number of aromatic nitrogens is 4. The number of H-pyrrole nitrogens is 1. The summed E-state index contributed by atoms with van der Waals surface area (Å²) < 4.78 is 0.966. The van der Waals surface area contributed by atoms with Crippen molar-refractivity contribution in [1.29, 1.82) is 0 Å². The van der Waals surface area contributed by atoms with Crippen molar-refractivity contribution in [2.45, 2.75) is 6.54 Å². The smallest absolute Gasteiger partial charge is 0.295 e. The Morgan fingerprint density at radius 2 is 2.24 bits per heavy atom. The number of rotatable bonds is 3. The molecule has 0 fully saturated rings. The van der Waals surface area contributed by atoms with Crippen LogP contribution < -0.4 is 0 Å². The summed E-state index contributed by atoms with van der Waals surface area (Å²) >= 11 is 3.43. The fourth-order valence-electron chi connectivity index (χ4n) is 1.38. The van der Waals surface area contributed by atoms with E-state index in [4.69, 9.17) is 0 Å². The first-order valence-electron chi connectivity index (χ1n) is 4.91. The van der Waals surface area contributed by atoms with E-state index in [1.165, 1.54) is 4.90 Å². The van der Waals surface area contributed by atoms with Crippen LogP contribution in [0, 0.1) is 0 Å². The predicted molar refractivity (Wildman–Crippen MR) is 64.1 cm³/mol. The monoisotopic (exact) mass is 295 g/mol.